The molecule has 2 atom stereocenters. The van der Waals surface area contributed by atoms with E-state index in [1.165, 1.54) is 29.8 Å². The Bertz CT molecular complexity index is 1090. The molecule has 1 saturated carbocycles. The second kappa shape index (κ2) is 7.86. The highest BCUT2D eigenvalue weighted by Gasteiger charge is 2.41. The van der Waals surface area contributed by atoms with E-state index >= 15 is 0 Å². The van der Waals surface area contributed by atoms with E-state index in [0.717, 1.165) is 41.8 Å². The zero-order valence-corrected chi connectivity index (χ0v) is 16.5. The van der Waals surface area contributed by atoms with Gasteiger partial charge >= 0.3 is 0 Å². The number of hydrogen-bond acceptors (Lipinski definition) is 2. The molecule has 0 bridgehead atoms. The van der Waals surface area contributed by atoms with Gasteiger partial charge in [0.05, 0.1) is 17.4 Å². The number of anilines is 1. The largest absolute Gasteiger partial charge is 0.257 e. The average Bonchev–Trinajstić information content (AvgIpc) is 3.17. The fourth-order valence-electron chi connectivity index (χ4n) is 4.55. The van der Waals surface area contributed by atoms with E-state index in [1.807, 2.05) is 30.3 Å². The highest BCUT2D eigenvalue weighted by atomic mass is 19.1. The van der Waals surface area contributed by atoms with E-state index in [1.54, 1.807) is 12.1 Å². The van der Waals surface area contributed by atoms with Gasteiger partial charge in [0.1, 0.15) is 11.6 Å². The van der Waals surface area contributed by atoms with Crippen molar-refractivity contribution >= 4 is 17.5 Å². The number of hydrogen-bond donors (Lipinski definition) is 0. The van der Waals surface area contributed by atoms with E-state index in [-0.39, 0.29) is 23.6 Å². The van der Waals surface area contributed by atoms with E-state index < -0.39 is 0 Å². The molecule has 2 nitrogen and oxygen atoms in total. The smallest absolute Gasteiger partial charge is 0.123 e. The average molecular weight is 400 g/mol. The quantitative estimate of drug-likeness (QED) is 0.474. The number of hydrazone groups is 1. The van der Waals surface area contributed by atoms with E-state index in [4.69, 9.17) is 5.10 Å². The molecule has 0 amide bonds. The topological polar surface area (TPSA) is 15.6 Å². The minimum Gasteiger partial charge on any atom is -0.257 e. The van der Waals surface area contributed by atoms with Crippen LogP contribution in [0.25, 0.3) is 6.08 Å². The van der Waals surface area contributed by atoms with Crippen molar-refractivity contribution in [1.29, 1.82) is 0 Å². The molecule has 0 spiro atoms. The van der Waals surface area contributed by atoms with Crippen LogP contribution in [0.15, 0.2) is 89.5 Å². The van der Waals surface area contributed by atoms with E-state index in [2.05, 4.69) is 23.2 Å². The Balaban J connectivity index is 1.58. The standard InChI is InChI=1S/C26H22F2N2/c27-21-13-9-18(10-14-21)17-20-5-4-8-24-25(20)29-30(23-6-2-1-3-7-23)26(24)19-11-15-22(28)16-12-19/h1-3,6-7,9-17,24,26H,4-5,8H2/b20-17-/t24-,26+/m1/s1. The summed E-state index contributed by atoms with van der Waals surface area (Å²) in [6.45, 7) is 0. The fourth-order valence-corrected chi connectivity index (χ4v) is 4.55. The van der Waals surface area contributed by atoms with Crippen molar-refractivity contribution in [1.82, 2.24) is 0 Å². The predicted octanol–water partition coefficient (Wildman–Crippen LogP) is 6.77. The molecule has 3 aromatic rings. The van der Waals surface area contributed by atoms with E-state index in [0.29, 0.717) is 0 Å². The Hall–Kier alpha value is -3.27. The molecule has 30 heavy (non-hydrogen) atoms. The molecular weight excluding hydrogens is 378 g/mol. The Labute approximate surface area is 175 Å². The number of nitrogens with zero attached hydrogens (tertiary/aromatic N) is 2. The first-order valence-corrected chi connectivity index (χ1v) is 10.3. The molecule has 5 rings (SSSR count). The number of fused-ring (bicyclic) bond motifs is 1. The van der Waals surface area contributed by atoms with Gasteiger partial charge in [0, 0.05) is 5.92 Å². The summed E-state index contributed by atoms with van der Waals surface area (Å²) in [6.07, 6.45) is 5.17. The molecule has 1 fully saturated rings. The first-order chi connectivity index (χ1) is 14.7. The number of para-hydroxylation sites is 1. The second-order valence-electron chi connectivity index (χ2n) is 7.88. The molecule has 1 aliphatic carbocycles. The monoisotopic (exact) mass is 400 g/mol. The van der Waals surface area contributed by atoms with Crippen LogP contribution >= 0.6 is 0 Å². The van der Waals surface area contributed by atoms with Crippen molar-refractivity contribution in [2.45, 2.75) is 25.3 Å². The van der Waals surface area contributed by atoms with Gasteiger partial charge in [-0.1, -0.05) is 42.5 Å². The summed E-state index contributed by atoms with van der Waals surface area (Å²) in [5, 5.41) is 7.15. The zero-order valence-electron chi connectivity index (χ0n) is 16.5. The molecule has 0 unspecified atom stereocenters. The van der Waals surface area contributed by atoms with Crippen molar-refractivity contribution < 1.29 is 8.78 Å². The number of benzene rings is 3. The van der Waals surface area contributed by atoms with Gasteiger partial charge in [-0.15, -0.1) is 0 Å². The first-order valence-electron chi connectivity index (χ1n) is 10.3. The molecule has 4 heteroatoms. The van der Waals surface area contributed by atoms with Gasteiger partial charge in [0.25, 0.3) is 0 Å². The van der Waals surface area contributed by atoms with Crippen LogP contribution in [-0.4, -0.2) is 5.71 Å². The molecular formula is C26H22F2N2. The van der Waals surface area contributed by atoms with Crippen molar-refractivity contribution in [3.8, 4) is 0 Å². The van der Waals surface area contributed by atoms with Crippen LogP contribution in [0.5, 0.6) is 0 Å². The number of halogens is 2. The Morgan fingerprint density at radius 2 is 1.50 bits per heavy atom. The van der Waals surface area contributed by atoms with Gasteiger partial charge in [-0.05, 0) is 78.4 Å². The third-order valence-corrected chi connectivity index (χ3v) is 5.94. The highest BCUT2D eigenvalue weighted by Crippen LogP contribution is 2.46. The Morgan fingerprint density at radius 1 is 0.833 bits per heavy atom. The summed E-state index contributed by atoms with van der Waals surface area (Å²) < 4.78 is 26.9. The lowest BCUT2D eigenvalue weighted by Gasteiger charge is -2.30. The molecule has 0 radical (unpaired) electrons. The third kappa shape index (κ3) is 3.54. The van der Waals surface area contributed by atoms with Crippen LogP contribution in [0, 0.1) is 17.6 Å². The van der Waals surface area contributed by atoms with Gasteiger partial charge < -0.3 is 0 Å². The van der Waals surface area contributed by atoms with Crippen molar-refractivity contribution in [2.24, 2.45) is 11.0 Å². The molecule has 1 aliphatic heterocycles. The molecule has 2 aliphatic rings. The zero-order chi connectivity index (χ0) is 20.5. The first kappa shape index (κ1) is 18.7. The van der Waals surface area contributed by atoms with Gasteiger partial charge in [-0.25, -0.2) is 8.78 Å². The number of rotatable bonds is 3. The van der Waals surface area contributed by atoms with Gasteiger partial charge in [-0.3, -0.25) is 5.01 Å². The molecule has 3 aromatic carbocycles. The lowest BCUT2D eigenvalue weighted by Crippen LogP contribution is -2.28. The molecule has 0 N–H and O–H groups in total. The fraction of sp³-hybridized carbons (Fsp3) is 0.192. The maximum atomic E-state index is 13.6. The SMILES string of the molecule is Fc1ccc(/C=C2/CCC[C@@H]3C2=NN(c2ccccc2)[C@H]3c2ccc(F)cc2)cc1. The summed E-state index contributed by atoms with van der Waals surface area (Å²) in [5.74, 6) is -0.232. The van der Waals surface area contributed by atoms with Gasteiger partial charge in [0.2, 0.25) is 0 Å². The Morgan fingerprint density at radius 3 is 2.20 bits per heavy atom. The Kier molecular flexibility index (Phi) is 4.91. The predicted molar refractivity (Wildman–Crippen MR) is 117 cm³/mol. The van der Waals surface area contributed by atoms with Crippen LogP contribution in [0.1, 0.15) is 36.4 Å². The van der Waals surface area contributed by atoms with Crippen molar-refractivity contribution in [2.75, 3.05) is 5.01 Å². The van der Waals surface area contributed by atoms with E-state index in [9.17, 15) is 8.78 Å². The van der Waals surface area contributed by atoms with Crippen LogP contribution in [0.4, 0.5) is 14.5 Å². The summed E-state index contributed by atoms with van der Waals surface area (Å²) >= 11 is 0. The maximum absolute atomic E-state index is 13.6. The lowest BCUT2D eigenvalue weighted by atomic mass is 9.77. The normalized spacial score (nSPS) is 22.1. The maximum Gasteiger partial charge on any atom is 0.123 e. The van der Waals surface area contributed by atoms with Crippen LogP contribution in [0.2, 0.25) is 0 Å². The van der Waals surface area contributed by atoms with Crippen LogP contribution < -0.4 is 5.01 Å². The molecule has 0 saturated heterocycles. The summed E-state index contributed by atoms with van der Waals surface area (Å²) in [6, 6.07) is 23.5. The van der Waals surface area contributed by atoms with Gasteiger partial charge in [0.15, 0.2) is 0 Å². The third-order valence-electron chi connectivity index (χ3n) is 5.94. The van der Waals surface area contributed by atoms with Gasteiger partial charge in [-0.2, -0.15) is 5.10 Å². The molecule has 150 valence electrons. The number of allylic oxidation sites excluding steroid dienone is 1. The summed E-state index contributed by atoms with van der Waals surface area (Å²) in [4.78, 5) is 0. The van der Waals surface area contributed by atoms with Crippen molar-refractivity contribution in [3.63, 3.8) is 0 Å². The molecule has 0 aromatic heterocycles. The highest BCUT2D eigenvalue weighted by molar-refractivity contribution is 6.08. The molecule has 1 heterocycles. The summed E-state index contributed by atoms with van der Waals surface area (Å²) in [5.41, 5.74) is 5.35. The second-order valence-corrected chi connectivity index (χ2v) is 7.88. The minimum absolute atomic E-state index is 0.0277. The van der Waals surface area contributed by atoms with Crippen LogP contribution in [0.3, 0.4) is 0 Å². The van der Waals surface area contributed by atoms with Crippen molar-refractivity contribution in [3.05, 3.63) is 107 Å². The minimum atomic E-state index is -0.233. The summed E-state index contributed by atoms with van der Waals surface area (Å²) in [7, 11) is 0. The van der Waals surface area contributed by atoms with Crippen LogP contribution in [-0.2, 0) is 0 Å². The lowest BCUT2D eigenvalue weighted by molar-refractivity contribution is 0.487.